The molecule has 2 rings (SSSR count). The summed E-state index contributed by atoms with van der Waals surface area (Å²) >= 11 is 0. The van der Waals surface area contributed by atoms with E-state index in [1.54, 1.807) is 29.2 Å². The van der Waals surface area contributed by atoms with Gasteiger partial charge in [-0.25, -0.2) is 0 Å². The zero-order valence-electron chi connectivity index (χ0n) is 8.89. The molecule has 0 saturated carbocycles. The molecule has 0 radical (unpaired) electrons. The van der Waals surface area contributed by atoms with Gasteiger partial charge in [-0.15, -0.1) is 0 Å². The predicted molar refractivity (Wildman–Crippen MR) is 60.8 cm³/mol. The lowest BCUT2D eigenvalue weighted by atomic mass is 10.1. The molecule has 3 nitrogen and oxygen atoms in total. The van der Waals surface area contributed by atoms with Crippen molar-refractivity contribution in [3.8, 4) is 6.07 Å². The van der Waals surface area contributed by atoms with Gasteiger partial charge in [0, 0.05) is 18.7 Å². The Morgan fingerprint density at radius 1 is 1.25 bits per heavy atom. The van der Waals surface area contributed by atoms with Crippen molar-refractivity contribution in [2.24, 2.45) is 0 Å². The Bertz CT molecular complexity index is 454. The van der Waals surface area contributed by atoms with E-state index in [0.717, 1.165) is 13.0 Å². The highest BCUT2D eigenvalue weighted by atomic mass is 16.2. The Kier molecular flexibility index (Phi) is 3.02. The number of benzene rings is 1. The summed E-state index contributed by atoms with van der Waals surface area (Å²) in [6, 6.07) is 8.80. The summed E-state index contributed by atoms with van der Waals surface area (Å²) < 4.78 is 0. The van der Waals surface area contributed by atoms with Crippen LogP contribution in [0.1, 0.15) is 22.3 Å². The molecule has 0 saturated heterocycles. The summed E-state index contributed by atoms with van der Waals surface area (Å²) in [6.07, 6.45) is 5.01. The Morgan fingerprint density at radius 2 is 2.00 bits per heavy atom. The number of carbonyl (C=O) groups is 1. The van der Waals surface area contributed by atoms with Gasteiger partial charge in [-0.2, -0.15) is 5.26 Å². The average Bonchev–Trinajstić information content (AvgIpc) is 2.39. The molecule has 3 heteroatoms. The first-order chi connectivity index (χ1) is 7.81. The molecule has 0 bridgehead atoms. The van der Waals surface area contributed by atoms with E-state index in [1.165, 1.54) is 0 Å². The van der Waals surface area contributed by atoms with Crippen LogP contribution in [0.25, 0.3) is 0 Å². The second kappa shape index (κ2) is 4.63. The molecule has 1 heterocycles. The van der Waals surface area contributed by atoms with E-state index in [1.807, 2.05) is 12.1 Å². The maximum Gasteiger partial charge on any atom is 0.254 e. The van der Waals surface area contributed by atoms with E-state index in [2.05, 4.69) is 6.08 Å². The number of amides is 1. The van der Waals surface area contributed by atoms with Gasteiger partial charge in [0.1, 0.15) is 0 Å². The third kappa shape index (κ3) is 2.12. The first-order valence-corrected chi connectivity index (χ1v) is 5.25. The van der Waals surface area contributed by atoms with Crippen LogP contribution in [0.4, 0.5) is 0 Å². The second-order valence-corrected chi connectivity index (χ2v) is 3.70. The highest BCUT2D eigenvalue weighted by Crippen LogP contribution is 2.10. The SMILES string of the molecule is N#Cc1ccc(C(=O)N2CC=CCC2)cc1. The van der Waals surface area contributed by atoms with Crippen LogP contribution in [0, 0.1) is 11.3 Å². The van der Waals surface area contributed by atoms with Gasteiger partial charge in [-0.05, 0) is 30.7 Å². The Balaban J connectivity index is 2.14. The van der Waals surface area contributed by atoms with E-state index in [0.29, 0.717) is 17.7 Å². The maximum atomic E-state index is 12.0. The van der Waals surface area contributed by atoms with E-state index in [-0.39, 0.29) is 5.91 Å². The second-order valence-electron chi connectivity index (χ2n) is 3.70. The van der Waals surface area contributed by atoms with Crippen molar-refractivity contribution in [3.63, 3.8) is 0 Å². The quantitative estimate of drug-likeness (QED) is 0.668. The molecule has 0 fully saturated rings. The Labute approximate surface area is 94.6 Å². The van der Waals surface area contributed by atoms with Crippen LogP contribution in [0.5, 0.6) is 0 Å². The number of nitrogens with zero attached hydrogens (tertiary/aromatic N) is 2. The van der Waals surface area contributed by atoms with Crippen LogP contribution in [0.3, 0.4) is 0 Å². The smallest absolute Gasteiger partial charge is 0.254 e. The molecule has 0 N–H and O–H groups in total. The minimum Gasteiger partial charge on any atom is -0.335 e. The van der Waals surface area contributed by atoms with Gasteiger partial charge in [0.05, 0.1) is 11.6 Å². The number of rotatable bonds is 1. The molecular formula is C13H12N2O. The van der Waals surface area contributed by atoms with Crippen molar-refractivity contribution in [2.45, 2.75) is 6.42 Å². The van der Waals surface area contributed by atoms with Gasteiger partial charge in [-0.1, -0.05) is 12.2 Å². The fourth-order valence-electron chi connectivity index (χ4n) is 1.70. The zero-order chi connectivity index (χ0) is 11.4. The molecule has 1 aliphatic rings. The number of hydrogen-bond acceptors (Lipinski definition) is 2. The van der Waals surface area contributed by atoms with Gasteiger partial charge in [0.25, 0.3) is 5.91 Å². The number of nitriles is 1. The summed E-state index contributed by atoms with van der Waals surface area (Å²) in [4.78, 5) is 13.8. The van der Waals surface area contributed by atoms with Crippen LogP contribution in [0.15, 0.2) is 36.4 Å². The van der Waals surface area contributed by atoms with Gasteiger partial charge in [-0.3, -0.25) is 4.79 Å². The highest BCUT2D eigenvalue weighted by Gasteiger charge is 2.15. The highest BCUT2D eigenvalue weighted by molar-refractivity contribution is 5.94. The largest absolute Gasteiger partial charge is 0.335 e. The summed E-state index contributed by atoms with van der Waals surface area (Å²) in [5.74, 6) is 0.0360. The summed E-state index contributed by atoms with van der Waals surface area (Å²) in [5.41, 5.74) is 1.23. The zero-order valence-corrected chi connectivity index (χ0v) is 8.89. The minimum atomic E-state index is 0.0360. The van der Waals surface area contributed by atoms with Crippen LogP contribution in [0.2, 0.25) is 0 Å². The van der Waals surface area contributed by atoms with Gasteiger partial charge < -0.3 is 4.90 Å². The van der Waals surface area contributed by atoms with Gasteiger partial charge in [0.2, 0.25) is 0 Å². The molecule has 1 aliphatic heterocycles. The normalized spacial score (nSPS) is 14.6. The molecule has 80 valence electrons. The van der Waals surface area contributed by atoms with Gasteiger partial charge in [0.15, 0.2) is 0 Å². The number of carbonyl (C=O) groups excluding carboxylic acids is 1. The van der Waals surface area contributed by atoms with Crippen molar-refractivity contribution < 1.29 is 4.79 Å². The monoisotopic (exact) mass is 212 g/mol. The number of hydrogen-bond donors (Lipinski definition) is 0. The molecular weight excluding hydrogens is 200 g/mol. The fourth-order valence-corrected chi connectivity index (χ4v) is 1.70. The Hall–Kier alpha value is -2.08. The topological polar surface area (TPSA) is 44.1 Å². The molecule has 1 amide bonds. The molecule has 0 aliphatic carbocycles. The van der Waals surface area contributed by atoms with E-state index < -0.39 is 0 Å². The summed E-state index contributed by atoms with van der Waals surface area (Å²) in [6.45, 7) is 1.45. The first-order valence-electron chi connectivity index (χ1n) is 5.25. The van der Waals surface area contributed by atoms with Crippen molar-refractivity contribution in [3.05, 3.63) is 47.5 Å². The van der Waals surface area contributed by atoms with Gasteiger partial charge >= 0.3 is 0 Å². The third-order valence-electron chi connectivity index (χ3n) is 2.61. The van der Waals surface area contributed by atoms with Crippen LogP contribution in [-0.4, -0.2) is 23.9 Å². The lowest BCUT2D eigenvalue weighted by Gasteiger charge is -2.23. The fraction of sp³-hybridized carbons (Fsp3) is 0.231. The molecule has 0 spiro atoms. The van der Waals surface area contributed by atoms with Crippen LogP contribution < -0.4 is 0 Å². The summed E-state index contributed by atoms with van der Waals surface area (Å²) in [7, 11) is 0. The lowest BCUT2D eigenvalue weighted by Crippen LogP contribution is -2.33. The molecule has 0 aromatic heterocycles. The van der Waals surface area contributed by atoms with Crippen LogP contribution >= 0.6 is 0 Å². The van der Waals surface area contributed by atoms with Crippen molar-refractivity contribution in [1.29, 1.82) is 5.26 Å². The first kappa shape index (κ1) is 10.4. The third-order valence-corrected chi connectivity index (χ3v) is 2.61. The van der Waals surface area contributed by atoms with Crippen molar-refractivity contribution >= 4 is 5.91 Å². The molecule has 0 unspecified atom stereocenters. The molecule has 1 aromatic rings. The molecule has 1 aromatic carbocycles. The standard InChI is InChI=1S/C13H12N2O/c14-10-11-4-6-12(7-5-11)13(16)15-8-2-1-3-9-15/h1-2,4-7H,3,8-9H2. The van der Waals surface area contributed by atoms with Crippen molar-refractivity contribution in [1.82, 2.24) is 4.90 Å². The Morgan fingerprint density at radius 3 is 2.56 bits per heavy atom. The minimum absolute atomic E-state index is 0.0360. The van der Waals surface area contributed by atoms with Crippen molar-refractivity contribution in [2.75, 3.05) is 13.1 Å². The molecule has 0 atom stereocenters. The maximum absolute atomic E-state index is 12.0. The molecule has 16 heavy (non-hydrogen) atoms. The van der Waals surface area contributed by atoms with Crippen LogP contribution in [-0.2, 0) is 0 Å². The summed E-state index contributed by atoms with van der Waals surface area (Å²) in [5, 5.41) is 8.66. The van der Waals surface area contributed by atoms with E-state index >= 15 is 0 Å². The van der Waals surface area contributed by atoms with E-state index in [9.17, 15) is 4.79 Å². The predicted octanol–water partition coefficient (Wildman–Crippen LogP) is 1.96. The lowest BCUT2D eigenvalue weighted by molar-refractivity contribution is 0.0771. The van der Waals surface area contributed by atoms with E-state index in [4.69, 9.17) is 5.26 Å². The average molecular weight is 212 g/mol.